The summed E-state index contributed by atoms with van der Waals surface area (Å²) in [6.45, 7) is 2.01. The molecule has 30 heavy (non-hydrogen) atoms. The number of methoxy groups -OCH3 is 1. The minimum absolute atomic E-state index is 0.0976. The quantitative estimate of drug-likeness (QED) is 0.596. The SMILES string of the molecule is CCC(NS(=O)(=O)c1ccc(F)cc1)C(=O)NCC(c1ccc(OC)cc1)N(C)C. The Morgan fingerprint density at radius 1 is 1.10 bits per heavy atom. The highest BCUT2D eigenvalue weighted by atomic mass is 32.2. The van der Waals surface area contributed by atoms with Crippen LogP contribution in [0, 0.1) is 5.82 Å². The van der Waals surface area contributed by atoms with Crippen LogP contribution >= 0.6 is 0 Å². The van der Waals surface area contributed by atoms with Gasteiger partial charge < -0.3 is 15.0 Å². The van der Waals surface area contributed by atoms with E-state index in [4.69, 9.17) is 4.74 Å². The van der Waals surface area contributed by atoms with Crippen molar-refractivity contribution in [1.29, 1.82) is 0 Å². The second kappa shape index (κ2) is 10.5. The maximum Gasteiger partial charge on any atom is 0.241 e. The van der Waals surface area contributed by atoms with Gasteiger partial charge in [-0.25, -0.2) is 12.8 Å². The summed E-state index contributed by atoms with van der Waals surface area (Å²) in [5.41, 5.74) is 0.987. The van der Waals surface area contributed by atoms with Gasteiger partial charge in [0.25, 0.3) is 0 Å². The molecule has 0 aliphatic rings. The molecule has 2 N–H and O–H groups in total. The van der Waals surface area contributed by atoms with Crippen molar-refractivity contribution in [2.45, 2.75) is 30.3 Å². The number of nitrogens with zero attached hydrogens (tertiary/aromatic N) is 1. The van der Waals surface area contributed by atoms with Gasteiger partial charge in [-0.3, -0.25) is 4.79 Å². The minimum atomic E-state index is -3.95. The molecular weight excluding hydrogens is 409 g/mol. The zero-order valence-corrected chi connectivity index (χ0v) is 18.4. The van der Waals surface area contributed by atoms with Crippen LogP contribution in [0.2, 0.25) is 0 Å². The van der Waals surface area contributed by atoms with Crippen LogP contribution in [-0.4, -0.2) is 53.0 Å². The fourth-order valence-corrected chi connectivity index (χ4v) is 4.22. The number of likely N-dealkylation sites (N-methyl/N-ethyl adjacent to an activating group) is 1. The monoisotopic (exact) mass is 437 g/mol. The lowest BCUT2D eigenvalue weighted by molar-refractivity contribution is -0.123. The molecule has 1 amide bonds. The molecule has 0 heterocycles. The molecule has 2 atom stereocenters. The number of hydrogen-bond donors (Lipinski definition) is 2. The summed E-state index contributed by atoms with van der Waals surface area (Å²) >= 11 is 0. The van der Waals surface area contributed by atoms with Gasteiger partial charge in [-0.1, -0.05) is 19.1 Å². The van der Waals surface area contributed by atoms with Crippen molar-refractivity contribution in [1.82, 2.24) is 14.9 Å². The van der Waals surface area contributed by atoms with Crippen LogP contribution in [-0.2, 0) is 14.8 Å². The van der Waals surface area contributed by atoms with E-state index in [-0.39, 0.29) is 17.4 Å². The molecule has 0 radical (unpaired) electrons. The van der Waals surface area contributed by atoms with Gasteiger partial charge >= 0.3 is 0 Å². The predicted octanol–water partition coefficient (Wildman–Crippen LogP) is 2.31. The van der Waals surface area contributed by atoms with Gasteiger partial charge in [-0.15, -0.1) is 0 Å². The average Bonchev–Trinajstić information content (AvgIpc) is 2.72. The minimum Gasteiger partial charge on any atom is -0.497 e. The molecule has 164 valence electrons. The van der Waals surface area contributed by atoms with Crippen molar-refractivity contribution in [3.8, 4) is 5.75 Å². The maximum absolute atomic E-state index is 13.1. The summed E-state index contributed by atoms with van der Waals surface area (Å²) in [7, 11) is 1.44. The second-order valence-electron chi connectivity index (χ2n) is 7.03. The lowest BCUT2D eigenvalue weighted by Gasteiger charge is -2.26. The molecule has 2 unspecified atom stereocenters. The van der Waals surface area contributed by atoms with Crippen LogP contribution < -0.4 is 14.8 Å². The average molecular weight is 438 g/mol. The Kier molecular flexibility index (Phi) is 8.33. The first-order valence-corrected chi connectivity index (χ1v) is 11.0. The fourth-order valence-electron chi connectivity index (χ4n) is 2.94. The Balaban J connectivity index is 2.06. The third kappa shape index (κ3) is 6.25. The standard InChI is InChI=1S/C21H28FN3O4S/c1-5-19(24-30(27,28)18-12-8-16(22)9-13-18)21(26)23-14-20(25(2)3)15-6-10-17(29-4)11-7-15/h6-13,19-20,24H,5,14H2,1-4H3,(H,23,26). The number of sulfonamides is 1. The van der Waals surface area contributed by atoms with Crippen LogP contribution in [0.4, 0.5) is 4.39 Å². The van der Waals surface area contributed by atoms with Gasteiger partial charge in [0.1, 0.15) is 17.6 Å². The Labute approximate surface area is 177 Å². The van der Waals surface area contributed by atoms with Crippen molar-refractivity contribution < 1.29 is 22.3 Å². The molecule has 2 rings (SSSR count). The molecule has 0 saturated heterocycles. The number of carbonyl (C=O) groups excluding carboxylic acids is 1. The van der Waals surface area contributed by atoms with Crippen molar-refractivity contribution >= 4 is 15.9 Å². The van der Waals surface area contributed by atoms with Crippen molar-refractivity contribution in [3.63, 3.8) is 0 Å². The molecule has 0 spiro atoms. The molecular formula is C21H28FN3O4S. The molecule has 7 nitrogen and oxygen atoms in total. The number of carbonyl (C=O) groups is 1. The summed E-state index contributed by atoms with van der Waals surface area (Å²) in [5, 5.41) is 2.83. The van der Waals surface area contributed by atoms with E-state index in [9.17, 15) is 17.6 Å². The van der Waals surface area contributed by atoms with E-state index in [0.29, 0.717) is 6.54 Å². The van der Waals surface area contributed by atoms with E-state index < -0.39 is 27.8 Å². The number of ether oxygens (including phenoxy) is 1. The van der Waals surface area contributed by atoms with E-state index in [2.05, 4.69) is 10.0 Å². The van der Waals surface area contributed by atoms with Crippen LogP contribution in [0.25, 0.3) is 0 Å². The number of halogens is 1. The van der Waals surface area contributed by atoms with Gasteiger partial charge in [-0.05, 0) is 62.5 Å². The number of nitrogens with one attached hydrogen (secondary N) is 2. The third-order valence-corrected chi connectivity index (χ3v) is 6.23. The number of benzene rings is 2. The van der Waals surface area contributed by atoms with Crippen molar-refractivity contribution in [3.05, 3.63) is 59.9 Å². The van der Waals surface area contributed by atoms with E-state index in [1.165, 1.54) is 0 Å². The third-order valence-electron chi connectivity index (χ3n) is 4.74. The molecule has 0 aliphatic heterocycles. The van der Waals surface area contributed by atoms with Gasteiger partial charge in [0.2, 0.25) is 15.9 Å². The summed E-state index contributed by atoms with van der Waals surface area (Å²) in [6, 6.07) is 10.9. The Bertz CT molecular complexity index is 932. The molecule has 0 aliphatic carbocycles. The van der Waals surface area contributed by atoms with E-state index in [1.54, 1.807) is 14.0 Å². The Hall–Kier alpha value is -2.49. The van der Waals surface area contributed by atoms with Crippen LogP contribution in [0.15, 0.2) is 53.4 Å². The Morgan fingerprint density at radius 3 is 2.20 bits per heavy atom. The van der Waals surface area contributed by atoms with Crippen molar-refractivity contribution in [2.24, 2.45) is 0 Å². The highest BCUT2D eigenvalue weighted by molar-refractivity contribution is 7.89. The molecule has 0 aromatic heterocycles. The topological polar surface area (TPSA) is 87.7 Å². The van der Waals surface area contributed by atoms with E-state index >= 15 is 0 Å². The summed E-state index contributed by atoms with van der Waals surface area (Å²) < 4.78 is 45.7. The fraction of sp³-hybridized carbons (Fsp3) is 0.381. The van der Waals surface area contributed by atoms with Gasteiger partial charge in [0.05, 0.1) is 18.0 Å². The largest absolute Gasteiger partial charge is 0.497 e. The normalized spacial score (nSPS) is 13.7. The summed E-state index contributed by atoms with van der Waals surface area (Å²) in [4.78, 5) is 14.5. The van der Waals surface area contributed by atoms with Crippen LogP contribution in [0.3, 0.4) is 0 Å². The van der Waals surface area contributed by atoms with Gasteiger partial charge in [0.15, 0.2) is 0 Å². The molecule has 0 bridgehead atoms. The first kappa shape index (κ1) is 23.8. The second-order valence-corrected chi connectivity index (χ2v) is 8.75. The predicted molar refractivity (Wildman–Crippen MR) is 113 cm³/mol. The van der Waals surface area contributed by atoms with E-state index in [1.807, 2.05) is 43.3 Å². The Morgan fingerprint density at radius 2 is 1.70 bits per heavy atom. The zero-order chi connectivity index (χ0) is 22.3. The van der Waals surface area contributed by atoms with Crippen LogP contribution in [0.5, 0.6) is 5.75 Å². The summed E-state index contributed by atoms with van der Waals surface area (Å²) in [6.07, 6.45) is 0.265. The lowest BCUT2D eigenvalue weighted by atomic mass is 10.1. The number of amides is 1. The number of rotatable bonds is 10. The van der Waals surface area contributed by atoms with Crippen molar-refractivity contribution in [2.75, 3.05) is 27.7 Å². The highest BCUT2D eigenvalue weighted by Crippen LogP contribution is 2.21. The maximum atomic E-state index is 13.1. The molecule has 0 fully saturated rings. The zero-order valence-electron chi connectivity index (χ0n) is 17.6. The first-order chi connectivity index (χ1) is 14.2. The van der Waals surface area contributed by atoms with E-state index in [0.717, 1.165) is 35.6 Å². The lowest BCUT2D eigenvalue weighted by Crippen LogP contribution is -2.48. The molecule has 2 aromatic rings. The van der Waals surface area contributed by atoms with Gasteiger partial charge in [0, 0.05) is 6.54 Å². The smallest absolute Gasteiger partial charge is 0.241 e. The summed E-state index contributed by atoms with van der Waals surface area (Å²) in [5.74, 6) is -0.225. The molecule has 9 heteroatoms. The molecule has 0 saturated carbocycles. The highest BCUT2D eigenvalue weighted by Gasteiger charge is 2.25. The molecule has 2 aromatic carbocycles. The first-order valence-electron chi connectivity index (χ1n) is 9.54. The number of hydrogen-bond acceptors (Lipinski definition) is 5. The van der Waals surface area contributed by atoms with Gasteiger partial charge in [-0.2, -0.15) is 4.72 Å². The van der Waals surface area contributed by atoms with Crippen LogP contribution in [0.1, 0.15) is 24.9 Å².